The number of benzene rings is 2. The number of carbonyl (C=O) groups is 3. The van der Waals surface area contributed by atoms with E-state index in [1.807, 2.05) is 19.1 Å². The molecule has 1 unspecified atom stereocenters. The van der Waals surface area contributed by atoms with Crippen LogP contribution in [0.15, 0.2) is 48.5 Å². The molecule has 0 radical (unpaired) electrons. The number of aryl methyl sites for hydroxylation is 1. The molecule has 0 aliphatic carbocycles. The first-order valence-corrected chi connectivity index (χ1v) is 9.44. The number of ketones is 1. The number of ether oxygens (including phenoxy) is 1. The van der Waals surface area contributed by atoms with Gasteiger partial charge in [-0.2, -0.15) is 0 Å². The number of hydrogen-bond acceptors (Lipinski definition) is 4. The van der Waals surface area contributed by atoms with Crippen LogP contribution < -0.4 is 5.32 Å². The fourth-order valence-electron chi connectivity index (χ4n) is 2.60. The van der Waals surface area contributed by atoms with Crippen molar-refractivity contribution >= 4 is 29.3 Å². The van der Waals surface area contributed by atoms with Crippen molar-refractivity contribution in [2.75, 3.05) is 0 Å². The largest absolute Gasteiger partial charge is 0.453 e. The zero-order chi connectivity index (χ0) is 20.8. The smallest absolute Gasteiger partial charge is 0.329 e. The molecule has 6 heteroatoms. The van der Waals surface area contributed by atoms with Crippen LogP contribution in [0.5, 0.6) is 0 Å². The Bertz CT molecular complexity index is 861. The molecule has 0 aliphatic heterocycles. The van der Waals surface area contributed by atoms with Gasteiger partial charge in [0, 0.05) is 16.1 Å². The van der Waals surface area contributed by atoms with Crippen molar-refractivity contribution in [3.8, 4) is 0 Å². The summed E-state index contributed by atoms with van der Waals surface area (Å²) in [4.78, 5) is 37.5. The minimum atomic E-state index is -0.997. The zero-order valence-electron chi connectivity index (χ0n) is 16.4. The highest BCUT2D eigenvalue weighted by Gasteiger charge is 2.29. The summed E-state index contributed by atoms with van der Waals surface area (Å²) in [6.07, 6.45) is -0.997. The van der Waals surface area contributed by atoms with Gasteiger partial charge in [-0.15, -0.1) is 0 Å². The number of hydrogen-bond donors (Lipinski definition) is 1. The molecule has 0 saturated heterocycles. The summed E-state index contributed by atoms with van der Waals surface area (Å²) in [6, 6.07) is 12.6. The van der Waals surface area contributed by atoms with Gasteiger partial charge in [0.2, 0.25) is 5.78 Å². The van der Waals surface area contributed by atoms with E-state index in [2.05, 4.69) is 5.32 Å². The van der Waals surface area contributed by atoms with E-state index in [-0.39, 0.29) is 17.6 Å². The molecule has 1 amide bonds. The first-order valence-electron chi connectivity index (χ1n) is 9.07. The third kappa shape index (κ3) is 5.67. The van der Waals surface area contributed by atoms with Crippen molar-refractivity contribution < 1.29 is 19.1 Å². The summed E-state index contributed by atoms with van der Waals surface area (Å²) in [5.74, 6) is -1.60. The van der Waals surface area contributed by atoms with Gasteiger partial charge in [-0.25, -0.2) is 4.79 Å². The second-order valence-electron chi connectivity index (χ2n) is 7.01. The first-order chi connectivity index (χ1) is 13.2. The van der Waals surface area contributed by atoms with E-state index in [1.54, 1.807) is 44.2 Å². The normalized spacial score (nSPS) is 12.9. The van der Waals surface area contributed by atoms with Gasteiger partial charge in [0.1, 0.15) is 6.04 Å². The first kappa shape index (κ1) is 21.6. The Morgan fingerprint density at radius 2 is 1.61 bits per heavy atom. The predicted octanol–water partition coefficient (Wildman–Crippen LogP) is 4.22. The van der Waals surface area contributed by atoms with Gasteiger partial charge in [0.15, 0.2) is 6.10 Å². The maximum atomic E-state index is 12.6. The van der Waals surface area contributed by atoms with Crippen LogP contribution in [0.4, 0.5) is 0 Å². The summed E-state index contributed by atoms with van der Waals surface area (Å²) >= 11 is 5.91. The Labute approximate surface area is 170 Å². The van der Waals surface area contributed by atoms with E-state index in [0.29, 0.717) is 16.1 Å². The minimum Gasteiger partial charge on any atom is -0.453 e. The van der Waals surface area contributed by atoms with E-state index < -0.39 is 18.1 Å². The van der Waals surface area contributed by atoms with Gasteiger partial charge in [0.05, 0.1) is 0 Å². The molecule has 2 aromatic carbocycles. The van der Waals surface area contributed by atoms with Crippen LogP contribution in [-0.4, -0.2) is 29.8 Å². The summed E-state index contributed by atoms with van der Waals surface area (Å²) in [5.41, 5.74) is 1.84. The molecule has 0 fully saturated rings. The fraction of sp³-hybridized carbons (Fsp3) is 0.318. The van der Waals surface area contributed by atoms with Crippen molar-refractivity contribution in [1.82, 2.24) is 5.32 Å². The highest BCUT2D eigenvalue weighted by molar-refractivity contribution is 6.31. The highest BCUT2D eigenvalue weighted by atomic mass is 35.5. The van der Waals surface area contributed by atoms with Gasteiger partial charge < -0.3 is 10.1 Å². The number of esters is 1. The van der Waals surface area contributed by atoms with Crippen molar-refractivity contribution in [2.45, 2.75) is 39.8 Å². The van der Waals surface area contributed by atoms with Crippen molar-refractivity contribution in [3.05, 3.63) is 70.2 Å². The molecule has 28 heavy (non-hydrogen) atoms. The summed E-state index contributed by atoms with van der Waals surface area (Å²) in [6.45, 7) is 7.02. The topological polar surface area (TPSA) is 72.5 Å². The quantitative estimate of drug-likeness (QED) is 0.557. The lowest BCUT2D eigenvalue weighted by Crippen LogP contribution is -2.46. The van der Waals surface area contributed by atoms with Crippen LogP contribution in [0, 0.1) is 12.8 Å². The summed E-state index contributed by atoms with van der Waals surface area (Å²) in [5, 5.41) is 3.13. The predicted molar refractivity (Wildman–Crippen MR) is 109 cm³/mol. The number of Topliss-reactive ketones (excluding diaryl/α,β-unsaturated/α-hetero) is 1. The third-order valence-electron chi connectivity index (χ3n) is 4.29. The molecule has 0 bridgehead atoms. The molecule has 0 spiro atoms. The molecule has 1 N–H and O–H groups in total. The fourth-order valence-corrected chi connectivity index (χ4v) is 2.80. The van der Waals surface area contributed by atoms with Crippen LogP contribution in [0.3, 0.4) is 0 Å². The molecule has 5 nitrogen and oxygen atoms in total. The number of halogens is 1. The second kappa shape index (κ2) is 9.51. The molecular formula is C22H24ClNO4. The standard InChI is InChI=1S/C22H24ClNO4/c1-13(2)19(24-21(26)16-10-8-14(3)9-11-16)22(27)28-15(4)20(25)17-6-5-7-18(23)12-17/h5-13,15,19H,1-4H3,(H,24,26)/t15?,19-/m0/s1. The average molecular weight is 402 g/mol. The van der Waals surface area contributed by atoms with Crippen LogP contribution in [-0.2, 0) is 9.53 Å². The maximum absolute atomic E-state index is 12.6. The lowest BCUT2D eigenvalue weighted by atomic mass is 10.0. The van der Waals surface area contributed by atoms with E-state index >= 15 is 0 Å². The van der Waals surface area contributed by atoms with Crippen LogP contribution >= 0.6 is 11.6 Å². The Morgan fingerprint density at radius 3 is 2.18 bits per heavy atom. The number of amides is 1. The van der Waals surface area contributed by atoms with Gasteiger partial charge in [-0.3, -0.25) is 9.59 Å². The summed E-state index contributed by atoms with van der Waals surface area (Å²) in [7, 11) is 0. The average Bonchev–Trinajstić information content (AvgIpc) is 2.65. The molecular weight excluding hydrogens is 378 g/mol. The molecule has 0 saturated carbocycles. The lowest BCUT2D eigenvalue weighted by Gasteiger charge is -2.23. The van der Waals surface area contributed by atoms with Crippen LogP contribution in [0.25, 0.3) is 0 Å². The van der Waals surface area contributed by atoms with Crippen LogP contribution in [0.1, 0.15) is 47.1 Å². The van der Waals surface area contributed by atoms with Crippen molar-refractivity contribution in [3.63, 3.8) is 0 Å². The molecule has 0 aromatic heterocycles. The summed E-state index contributed by atoms with van der Waals surface area (Å²) < 4.78 is 5.34. The molecule has 148 valence electrons. The van der Waals surface area contributed by atoms with E-state index in [4.69, 9.17) is 16.3 Å². The zero-order valence-corrected chi connectivity index (χ0v) is 17.1. The highest BCUT2D eigenvalue weighted by Crippen LogP contribution is 2.15. The Kier molecular flexibility index (Phi) is 7.35. The van der Waals surface area contributed by atoms with Gasteiger partial charge in [0.25, 0.3) is 5.91 Å². The monoisotopic (exact) mass is 401 g/mol. The molecule has 0 aliphatic rings. The lowest BCUT2D eigenvalue weighted by molar-refractivity contribution is -0.149. The van der Waals surface area contributed by atoms with Gasteiger partial charge in [-0.1, -0.05) is 55.3 Å². The number of rotatable bonds is 7. The van der Waals surface area contributed by atoms with E-state index in [0.717, 1.165) is 5.56 Å². The van der Waals surface area contributed by atoms with Crippen molar-refractivity contribution in [2.24, 2.45) is 5.92 Å². The SMILES string of the molecule is Cc1ccc(C(=O)N[C@H](C(=O)OC(C)C(=O)c2cccc(Cl)c2)C(C)C)cc1. The number of nitrogens with one attached hydrogen (secondary N) is 1. The van der Waals surface area contributed by atoms with Gasteiger partial charge in [-0.05, 0) is 44.0 Å². The number of carbonyl (C=O) groups excluding carboxylic acids is 3. The Morgan fingerprint density at radius 1 is 0.964 bits per heavy atom. The minimum absolute atomic E-state index is 0.213. The molecule has 2 aromatic rings. The molecule has 2 rings (SSSR count). The van der Waals surface area contributed by atoms with E-state index in [9.17, 15) is 14.4 Å². The maximum Gasteiger partial charge on any atom is 0.329 e. The second-order valence-corrected chi connectivity index (χ2v) is 7.45. The van der Waals surface area contributed by atoms with E-state index in [1.165, 1.54) is 13.0 Å². The Hall–Kier alpha value is -2.66. The van der Waals surface area contributed by atoms with Gasteiger partial charge >= 0.3 is 5.97 Å². The molecule has 0 heterocycles. The third-order valence-corrected chi connectivity index (χ3v) is 4.53. The van der Waals surface area contributed by atoms with Crippen molar-refractivity contribution in [1.29, 1.82) is 0 Å². The van der Waals surface area contributed by atoms with Crippen LogP contribution in [0.2, 0.25) is 5.02 Å². The Balaban J connectivity index is 2.06. The molecule has 2 atom stereocenters.